The molecular formula is C22H30N4O. The molecule has 27 heavy (non-hydrogen) atoms. The van der Waals surface area contributed by atoms with E-state index in [4.69, 9.17) is 0 Å². The molecule has 1 aromatic heterocycles. The van der Waals surface area contributed by atoms with Crippen molar-refractivity contribution in [2.24, 2.45) is 0 Å². The van der Waals surface area contributed by atoms with Crippen LogP contribution in [0.2, 0.25) is 0 Å². The zero-order valence-corrected chi connectivity index (χ0v) is 16.1. The molecule has 0 unspecified atom stereocenters. The van der Waals surface area contributed by atoms with Crippen molar-refractivity contribution in [3.8, 4) is 0 Å². The number of nitrogens with zero attached hydrogens (tertiary/aromatic N) is 3. The number of aromatic amines is 1. The maximum Gasteiger partial charge on any atom is 0.253 e. The van der Waals surface area contributed by atoms with Crippen molar-refractivity contribution in [3.63, 3.8) is 0 Å². The van der Waals surface area contributed by atoms with Gasteiger partial charge < -0.3 is 4.90 Å². The Morgan fingerprint density at radius 2 is 1.78 bits per heavy atom. The number of H-pyrrole nitrogens is 1. The highest BCUT2D eigenvalue weighted by atomic mass is 16.2. The predicted octanol–water partition coefficient (Wildman–Crippen LogP) is 3.81. The molecule has 2 aliphatic rings. The molecule has 0 aliphatic carbocycles. The van der Waals surface area contributed by atoms with Gasteiger partial charge in [0.15, 0.2) is 0 Å². The maximum absolute atomic E-state index is 13.0. The van der Waals surface area contributed by atoms with Crippen molar-refractivity contribution in [1.29, 1.82) is 0 Å². The first-order chi connectivity index (χ1) is 13.3. The van der Waals surface area contributed by atoms with E-state index in [2.05, 4.69) is 27.2 Å². The van der Waals surface area contributed by atoms with Crippen LogP contribution in [0.3, 0.4) is 0 Å². The first-order valence-corrected chi connectivity index (χ1v) is 10.4. The largest absolute Gasteiger partial charge is 0.338 e. The lowest BCUT2D eigenvalue weighted by molar-refractivity contribution is 0.0706. The molecule has 1 aromatic carbocycles. The van der Waals surface area contributed by atoms with Crippen LogP contribution in [0, 0.1) is 0 Å². The minimum absolute atomic E-state index is 0.153. The second-order valence-corrected chi connectivity index (χ2v) is 7.99. The highest BCUT2D eigenvalue weighted by Gasteiger charge is 2.26. The first kappa shape index (κ1) is 18.2. The Morgan fingerprint density at radius 3 is 2.48 bits per heavy atom. The van der Waals surface area contributed by atoms with Gasteiger partial charge >= 0.3 is 0 Å². The minimum Gasteiger partial charge on any atom is -0.338 e. The Bertz CT molecular complexity index is 717. The van der Waals surface area contributed by atoms with Gasteiger partial charge in [0.05, 0.1) is 0 Å². The number of hydrogen-bond donors (Lipinski definition) is 1. The number of hydrogen-bond acceptors (Lipinski definition) is 3. The van der Waals surface area contributed by atoms with Gasteiger partial charge in [-0.1, -0.05) is 25.0 Å². The van der Waals surface area contributed by atoms with Gasteiger partial charge in [0.25, 0.3) is 5.91 Å². The molecule has 5 nitrogen and oxygen atoms in total. The topological polar surface area (TPSA) is 52.2 Å². The second kappa shape index (κ2) is 8.70. The number of carbonyl (C=O) groups is 1. The number of likely N-dealkylation sites (tertiary alicyclic amines) is 2. The molecule has 2 saturated heterocycles. The molecular weight excluding hydrogens is 336 g/mol. The van der Waals surface area contributed by atoms with Crippen LogP contribution in [0.15, 0.2) is 36.5 Å². The van der Waals surface area contributed by atoms with E-state index in [1.54, 1.807) is 6.20 Å². The molecule has 0 bridgehead atoms. The molecule has 3 heterocycles. The van der Waals surface area contributed by atoms with Gasteiger partial charge in [-0.05, 0) is 62.5 Å². The molecule has 0 saturated carbocycles. The number of piperidine rings is 1. The van der Waals surface area contributed by atoms with Crippen molar-refractivity contribution in [2.45, 2.75) is 51.0 Å². The highest BCUT2D eigenvalue weighted by molar-refractivity contribution is 5.94. The van der Waals surface area contributed by atoms with Crippen LogP contribution >= 0.6 is 0 Å². The molecule has 4 rings (SSSR count). The molecule has 1 N–H and O–H groups in total. The lowest BCUT2D eigenvalue weighted by atomic mass is 9.94. The van der Waals surface area contributed by atoms with E-state index in [1.807, 2.05) is 23.1 Å². The molecule has 2 fully saturated rings. The van der Waals surface area contributed by atoms with Gasteiger partial charge in [-0.25, -0.2) is 0 Å². The standard InChI is InChI=1S/C22H30N4O/c27-22(26-15-5-6-20(17-26)21-11-12-23-24-21)19-9-7-18(8-10-19)16-25-13-3-1-2-4-14-25/h7-12,20H,1-6,13-17H2,(H,23,24)/t20-/m1/s1. The van der Waals surface area contributed by atoms with Crippen LogP contribution in [-0.4, -0.2) is 52.1 Å². The summed E-state index contributed by atoms with van der Waals surface area (Å²) >= 11 is 0. The van der Waals surface area contributed by atoms with Crippen molar-refractivity contribution in [2.75, 3.05) is 26.2 Å². The van der Waals surface area contributed by atoms with Crippen molar-refractivity contribution in [1.82, 2.24) is 20.0 Å². The van der Waals surface area contributed by atoms with E-state index in [1.165, 1.54) is 44.3 Å². The van der Waals surface area contributed by atoms with Gasteiger partial charge in [-0.3, -0.25) is 14.8 Å². The number of benzene rings is 1. The molecule has 0 radical (unpaired) electrons. The van der Waals surface area contributed by atoms with E-state index in [0.717, 1.165) is 43.7 Å². The average Bonchev–Trinajstić information content (AvgIpc) is 3.14. The SMILES string of the molecule is O=C(c1ccc(CN2CCCCCC2)cc1)N1CCC[C@@H](c2ccn[nH]2)C1. The number of carbonyl (C=O) groups excluding carboxylic acids is 1. The lowest BCUT2D eigenvalue weighted by Gasteiger charge is -2.32. The Balaban J connectivity index is 1.37. The van der Waals surface area contributed by atoms with Crippen LogP contribution in [0.5, 0.6) is 0 Å². The van der Waals surface area contributed by atoms with Crippen molar-refractivity contribution < 1.29 is 4.79 Å². The summed E-state index contributed by atoms with van der Waals surface area (Å²) < 4.78 is 0. The van der Waals surface area contributed by atoms with E-state index >= 15 is 0 Å². The van der Waals surface area contributed by atoms with Crippen LogP contribution in [0.25, 0.3) is 0 Å². The fourth-order valence-corrected chi connectivity index (χ4v) is 4.40. The smallest absolute Gasteiger partial charge is 0.253 e. The zero-order valence-electron chi connectivity index (χ0n) is 16.1. The monoisotopic (exact) mass is 366 g/mol. The number of nitrogens with one attached hydrogen (secondary N) is 1. The van der Waals surface area contributed by atoms with E-state index in [0.29, 0.717) is 5.92 Å². The molecule has 1 amide bonds. The fourth-order valence-electron chi connectivity index (χ4n) is 4.40. The van der Waals surface area contributed by atoms with Crippen LogP contribution < -0.4 is 0 Å². The van der Waals surface area contributed by atoms with Crippen molar-refractivity contribution >= 4 is 5.91 Å². The zero-order chi connectivity index (χ0) is 18.5. The maximum atomic E-state index is 13.0. The quantitative estimate of drug-likeness (QED) is 0.895. The predicted molar refractivity (Wildman–Crippen MR) is 107 cm³/mol. The third-order valence-corrected chi connectivity index (χ3v) is 5.98. The van der Waals surface area contributed by atoms with Gasteiger partial charge in [0.2, 0.25) is 0 Å². The summed E-state index contributed by atoms with van der Waals surface area (Å²) in [6.07, 6.45) is 9.28. The molecule has 1 atom stereocenters. The van der Waals surface area contributed by atoms with Crippen LogP contribution in [0.1, 0.15) is 66.1 Å². The molecule has 0 spiro atoms. The van der Waals surface area contributed by atoms with Gasteiger partial charge in [-0.2, -0.15) is 5.10 Å². The second-order valence-electron chi connectivity index (χ2n) is 7.99. The van der Waals surface area contributed by atoms with Crippen molar-refractivity contribution in [3.05, 3.63) is 53.3 Å². The minimum atomic E-state index is 0.153. The summed E-state index contributed by atoms with van der Waals surface area (Å²) in [5.74, 6) is 0.521. The Morgan fingerprint density at radius 1 is 1.00 bits per heavy atom. The molecule has 2 aromatic rings. The Kier molecular flexibility index (Phi) is 5.87. The van der Waals surface area contributed by atoms with E-state index < -0.39 is 0 Å². The number of rotatable bonds is 4. The van der Waals surface area contributed by atoms with Gasteiger partial charge in [-0.15, -0.1) is 0 Å². The average molecular weight is 367 g/mol. The molecule has 144 valence electrons. The van der Waals surface area contributed by atoms with Gasteiger partial charge in [0, 0.05) is 43.0 Å². The summed E-state index contributed by atoms with van der Waals surface area (Å²) in [5.41, 5.74) is 3.25. The normalized spacial score (nSPS) is 21.8. The van der Waals surface area contributed by atoms with Crippen LogP contribution in [-0.2, 0) is 6.54 Å². The Labute approximate surface area is 161 Å². The Hall–Kier alpha value is -2.14. The molecule has 2 aliphatic heterocycles. The number of amides is 1. The third-order valence-electron chi connectivity index (χ3n) is 5.98. The summed E-state index contributed by atoms with van der Waals surface area (Å²) in [6.45, 7) is 5.02. The fraction of sp³-hybridized carbons (Fsp3) is 0.545. The summed E-state index contributed by atoms with van der Waals surface area (Å²) in [4.78, 5) is 17.5. The molecule has 5 heteroatoms. The summed E-state index contributed by atoms with van der Waals surface area (Å²) in [6, 6.07) is 10.3. The van der Waals surface area contributed by atoms with Crippen LogP contribution in [0.4, 0.5) is 0 Å². The van der Waals surface area contributed by atoms with Gasteiger partial charge in [0.1, 0.15) is 0 Å². The summed E-state index contributed by atoms with van der Waals surface area (Å²) in [5, 5.41) is 7.12. The van der Waals surface area contributed by atoms with E-state index in [-0.39, 0.29) is 5.91 Å². The summed E-state index contributed by atoms with van der Waals surface area (Å²) in [7, 11) is 0. The van der Waals surface area contributed by atoms with E-state index in [9.17, 15) is 4.79 Å². The third kappa shape index (κ3) is 4.59. The number of aromatic nitrogens is 2. The highest BCUT2D eigenvalue weighted by Crippen LogP contribution is 2.26. The first-order valence-electron chi connectivity index (χ1n) is 10.4. The lowest BCUT2D eigenvalue weighted by Crippen LogP contribution is -2.39.